The Hall–Kier alpha value is -2.82. The lowest BCUT2D eigenvalue weighted by molar-refractivity contribution is -0.108. The molecule has 0 aromatic heterocycles. The highest BCUT2D eigenvalue weighted by Gasteiger charge is 2.30. The van der Waals surface area contributed by atoms with Gasteiger partial charge in [0, 0.05) is 17.5 Å². The lowest BCUT2D eigenvalue weighted by Crippen LogP contribution is -2.22. The first-order valence-electron chi connectivity index (χ1n) is 10.9. The van der Waals surface area contributed by atoms with Crippen molar-refractivity contribution in [1.82, 2.24) is 0 Å². The minimum Gasteiger partial charge on any atom is -0.507 e. The van der Waals surface area contributed by atoms with Gasteiger partial charge in [-0.05, 0) is 56.5 Å². The van der Waals surface area contributed by atoms with Gasteiger partial charge in [0.15, 0.2) is 5.78 Å². The van der Waals surface area contributed by atoms with Crippen LogP contribution in [0, 0.1) is 5.92 Å². The lowest BCUT2D eigenvalue weighted by atomic mass is 9.78. The predicted octanol–water partition coefficient (Wildman–Crippen LogP) is 7.80. The number of hydrogen-bond acceptors (Lipinski definition) is 4. The van der Waals surface area contributed by atoms with Crippen LogP contribution >= 0.6 is 23.2 Å². The van der Waals surface area contributed by atoms with Gasteiger partial charge < -0.3 is 14.6 Å². The number of alkyl halides is 1. The average Bonchev–Trinajstić information content (AvgIpc) is 2.85. The third-order valence-electron chi connectivity index (χ3n) is 4.66. The molecule has 0 saturated carbocycles. The normalized spacial score (nSPS) is 12.1. The fourth-order valence-electron chi connectivity index (χ4n) is 3.08. The molecular weight excluding hydrogens is 471 g/mol. The zero-order valence-corrected chi connectivity index (χ0v) is 21.6. The van der Waals surface area contributed by atoms with Crippen LogP contribution < -0.4 is 4.74 Å². The summed E-state index contributed by atoms with van der Waals surface area (Å²) in [6.45, 7) is 12.1. The number of allylic oxidation sites excluding steroid dienone is 4. The van der Waals surface area contributed by atoms with E-state index in [-0.39, 0.29) is 29.4 Å². The van der Waals surface area contributed by atoms with Crippen molar-refractivity contribution in [2.45, 2.75) is 33.1 Å². The van der Waals surface area contributed by atoms with Gasteiger partial charge in [0.1, 0.15) is 24.4 Å². The number of halogens is 2. The van der Waals surface area contributed by atoms with Crippen molar-refractivity contribution >= 4 is 35.3 Å². The summed E-state index contributed by atoms with van der Waals surface area (Å²) < 4.78 is 5.38. The number of phenols is 1. The van der Waals surface area contributed by atoms with E-state index in [9.17, 15) is 14.7 Å². The predicted molar refractivity (Wildman–Crippen MR) is 144 cm³/mol. The minimum absolute atomic E-state index is 0.165. The van der Waals surface area contributed by atoms with Crippen molar-refractivity contribution in [2.75, 3.05) is 12.5 Å². The second kappa shape index (κ2) is 18.6. The average molecular weight is 505 g/mol. The van der Waals surface area contributed by atoms with Gasteiger partial charge in [0.05, 0.1) is 17.4 Å². The second-order valence-corrected chi connectivity index (χ2v) is 7.68. The van der Waals surface area contributed by atoms with E-state index in [4.69, 9.17) is 27.9 Å². The van der Waals surface area contributed by atoms with Gasteiger partial charge in [-0.25, -0.2) is 0 Å². The SMILES string of the molecule is C/C=C/[C@H](CC=O)[C@H](C(=O)c1ccc(OCCCl)cc1O)c1ccc(Cl)cc1.C/C=C\C.C=C. The molecule has 0 bridgehead atoms. The minimum atomic E-state index is -0.640. The van der Waals surface area contributed by atoms with E-state index in [1.54, 1.807) is 30.3 Å². The monoisotopic (exact) mass is 504 g/mol. The molecule has 0 amide bonds. The van der Waals surface area contributed by atoms with Gasteiger partial charge in [-0.1, -0.05) is 48.0 Å². The molecule has 0 aliphatic heterocycles. The fourth-order valence-corrected chi connectivity index (χ4v) is 3.28. The maximum absolute atomic E-state index is 13.4. The van der Waals surface area contributed by atoms with Crippen LogP contribution in [-0.4, -0.2) is 29.7 Å². The van der Waals surface area contributed by atoms with Gasteiger partial charge in [-0.3, -0.25) is 4.79 Å². The number of carbonyl (C=O) groups is 2. The summed E-state index contributed by atoms with van der Waals surface area (Å²) in [6.07, 6.45) is 8.62. The number of ether oxygens (including phenoxy) is 1. The van der Waals surface area contributed by atoms with Gasteiger partial charge in [0.2, 0.25) is 0 Å². The Morgan fingerprint density at radius 3 is 2.15 bits per heavy atom. The highest BCUT2D eigenvalue weighted by Crippen LogP contribution is 2.35. The summed E-state index contributed by atoms with van der Waals surface area (Å²) in [6, 6.07) is 11.5. The summed E-state index contributed by atoms with van der Waals surface area (Å²) in [5.74, 6) is -0.704. The quantitative estimate of drug-likeness (QED) is 0.155. The van der Waals surface area contributed by atoms with Crippen molar-refractivity contribution in [3.05, 3.63) is 96.1 Å². The first-order chi connectivity index (χ1) is 16.4. The number of aldehydes is 1. The summed E-state index contributed by atoms with van der Waals surface area (Å²) in [4.78, 5) is 24.6. The molecule has 184 valence electrons. The summed E-state index contributed by atoms with van der Waals surface area (Å²) in [5, 5.41) is 11.0. The molecule has 0 aliphatic carbocycles. The topological polar surface area (TPSA) is 63.6 Å². The van der Waals surface area contributed by atoms with Gasteiger partial charge in [0.25, 0.3) is 0 Å². The van der Waals surface area contributed by atoms with E-state index in [0.717, 1.165) is 11.8 Å². The molecule has 0 radical (unpaired) electrons. The maximum atomic E-state index is 13.4. The molecule has 1 N–H and O–H groups in total. The highest BCUT2D eigenvalue weighted by atomic mass is 35.5. The van der Waals surface area contributed by atoms with Crippen LogP contribution in [0.25, 0.3) is 0 Å². The Bertz CT molecular complexity index is 917. The molecule has 0 heterocycles. The number of Topliss-reactive ketones (excluding diaryl/α,β-unsaturated/α-hetero) is 1. The molecule has 4 nitrogen and oxygen atoms in total. The smallest absolute Gasteiger partial charge is 0.174 e. The van der Waals surface area contributed by atoms with Crippen molar-refractivity contribution in [3.8, 4) is 11.5 Å². The number of carbonyl (C=O) groups excluding carboxylic acids is 2. The third kappa shape index (κ3) is 10.4. The zero-order valence-electron chi connectivity index (χ0n) is 20.0. The van der Waals surface area contributed by atoms with Crippen molar-refractivity contribution in [1.29, 1.82) is 0 Å². The molecule has 2 aromatic carbocycles. The summed E-state index contributed by atoms with van der Waals surface area (Å²) in [7, 11) is 0. The fraction of sp³-hybridized carbons (Fsp3) is 0.286. The first-order valence-corrected chi connectivity index (χ1v) is 11.8. The van der Waals surface area contributed by atoms with Crippen molar-refractivity contribution < 1.29 is 19.4 Å². The molecule has 34 heavy (non-hydrogen) atoms. The number of phenolic OH excluding ortho intramolecular Hbond substituents is 1. The second-order valence-electron chi connectivity index (χ2n) is 6.87. The van der Waals surface area contributed by atoms with E-state index < -0.39 is 5.92 Å². The number of aromatic hydroxyl groups is 1. The third-order valence-corrected chi connectivity index (χ3v) is 5.07. The van der Waals surface area contributed by atoms with Crippen LogP contribution in [0.5, 0.6) is 11.5 Å². The van der Waals surface area contributed by atoms with Crippen LogP contribution in [0.2, 0.25) is 5.02 Å². The number of ketones is 1. The number of rotatable bonds is 10. The molecule has 2 atom stereocenters. The van der Waals surface area contributed by atoms with Gasteiger partial charge >= 0.3 is 0 Å². The van der Waals surface area contributed by atoms with Crippen LogP contribution in [0.4, 0.5) is 0 Å². The summed E-state index contributed by atoms with van der Waals surface area (Å²) in [5.41, 5.74) is 0.889. The van der Waals surface area contributed by atoms with E-state index in [1.807, 2.05) is 45.1 Å². The Labute approximate surface area is 213 Å². The molecule has 2 aromatic rings. The van der Waals surface area contributed by atoms with Gasteiger partial charge in [-0.15, -0.1) is 24.8 Å². The molecule has 2 rings (SSSR count). The standard InChI is InChI=1S/C22H22Cl2O4.C4H8.C2H4/c1-2-3-15(10-12-25)21(16-4-6-17(24)7-5-16)22(27)19-9-8-18(14-20(19)26)28-13-11-23;1-3-4-2;1-2/h2-9,12,14-15,21,26H,10-11,13H2,1H3;3-4H,1-2H3;1-2H2/b3-2+;4-3-;/t15-,21+;;/m1../s1. The van der Waals surface area contributed by atoms with E-state index in [1.165, 1.54) is 12.1 Å². The summed E-state index contributed by atoms with van der Waals surface area (Å²) >= 11 is 11.6. The molecule has 0 aliphatic rings. The molecular formula is C28H34Cl2O4. The first kappa shape index (κ1) is 31.2. The molecule has 0 unspecified atom stereocenters. The van der Waals surface area contributed by atoms with Crippen LogP contribution in [-0.2, 0) is 4.79 Å². The lowest BCUT2D eigenvalue weighted by Gasteiger charge is -2.23. The van der Waals surface area contributed by atoms with E-state index in [2.05, 4.69) is 13.2 Å². The number of hydrogen-bond donors (Lipinski definition) is 1. The Balaban J connectivity index is 0.00000164. The van der Waals surface area contributed by atoms with Gasteiger partial charge in [-0.2, -0.15) is 0 Å². The van der Waals surface area contributed by atoms with E-state index in [0.29, 0.717) is 23.3 Å². The zero-order chi connectivity index (χ0) is 25.9. The maximum Gasteiger partial charge on any atom is 0.174 e. The van der Waals surface area contributed by atoms with Crippen LogP contribution in [0.15, 0.2) is 79.9 Å². The Kier molecular flexibility index (Phi) is 17.0. The molecule has 0 fully saturated rings. The Morgan fingerprint density at radius 1 is 1.06 bits per heavy atom. The Morgan fingerprint density at radius 2 is 1.68 bits per heavy atom. The van der Waals surface area contributed by atoms with Crippen molar-refractivity contribution in [2.24, 2.45) is 5.92 Å². The largest absolute Gasteiger partial charge is 0.507 e. The molecule has 0 saturated heterocycles. The molecule has 0 spiro atoms. The van der Waals surface area contributed by atoms with Crippen LogP contribution in [0.1, 0.15) is 49.0 Å². The van der Waals surface area contributed by atoms with E-state index >= 15 is 0 Å². The van der Waals surface area contributed by atoms with Crippen LogP contribution in [0.3, 0.4) is 0 Å². The highest BCUT2D eigenvalue weighted by molar-refractivity contribution is 6.30. The number of benzene rings is 2. The van der Waals surface area contributed by atoms with Crippen molar-refractivity contribution in [3.63, 3.8) is 0 Å². The molecule has 6 heteroatoms.